The summed E-state index contributed by atoms with van der Waals surface area (Å²) in [5.41, 5.74) is 6.18. The second-order valence-corrected chi connectivity index (χ2v) is 8.98. The average molecular weight is 467 g/mol. The van der Waals surface area contributed by atoms with Crippen LogP contribution in [-0.2, 0) is 30.2 Å². The molecule has 0 radical (unpaired) electrons. The Morgan fingerprint density at radius 2 is 1.30 bits per heavy atom. The molecule has 3 rings (SSSR count). The fourth-order valence-electron chi connectivity index (χ4n) is 4.14. The second-order valence-electron chi connectivity index (χ2n) is 7.79. The van der Waals surface area contributed by atoms with Gasteiger partial charge in [0.25, 0.3) is 0 Å². The maximum Gasteiger partial charge on any atom is 0.218 e. The molecule has 0 amide bonds. The number of carbonyl (C=O) groups excluding carboxylic acids is 1. The van der Waals surface area contributed by atoms with Crippen LogP contribution in [0.25, 0.3) is 0 Å². The third-order valence-corrected chi connectivity index (χ3v) is 6.65. The van der Waals surface area contributed by atoms with E-state index in [0.29, 0.717) is 10.9 Å². The molecular weight excluding hydrogens is 431 g/mol. The number of hydrogen-bond donors (Lipinski definition) is 2. The first-order valence-electron chi connectivity index (χ1n) is 11.6. The molecular formula is C28H35O4P. The highest BCUT2D eigenvalue weighted by Crippen LogP contribution is 2.30. The number of benzene rings is 3. The average Bonchev–Trinajstić information content (AvgIpc) is 2.87. The zero-order chi connectivity index (χ0) is 24.4. The smallest absolute Gasteiger partial charge is 0.218 e. The molecule has 3 aromatic rings. The molecule has 0 aliphatic heterocycles. The predicted octanol–water partition coefficient (Wildman–Crippen LogP) is 5.63. The summed E-state index contributed by atoms with van der Waals surface area (Å²) in [6.45, 7) is 8.47. The lowest BCUT2D eigenvalue weighted by Crippen LogP contribution is -2.18. The van der Waals surface area contributed by atoms with Crippen LogP contribution in [0.4, 0.5) is 0 Å². The zero-order valence-corrected chi connectivity index (χ0v) is 21.0. The molecule has 0 aromatic heterocycles. The Bertz CT molecular complexity index is 1060. The summed E-state index contributed by atoms with van der Waals surface area (Å²) in [7, 11) is -2.46. The zero-order valence-electron chi connectivity index (χ0n) is 20.0. The van der Waals surface area contributed by atoms with E-state index < -0.39 is 14.1 Å². The van der Waals surface area contributed by atoms with Gasteiger partial charge in [-0.2, -0.15) is 0 Å². The summed E-state index contributed by atoms with van der Waals surface area (Å²) < 4.78 is 10.4. The molecule has 0 bridgehead atoms. The van der Waals surface area contributed by atoms with Crippen LogP contribution in [0.1, 0.15) is 72.0 Å². The summed E-state index contributed by atoms with van der Waals surface area (Å²) in [6, 6.07) is 20.0. The Balaban J connectivity index is 0.000000357. The first-order valence-corrected chi connectivity index (χ1v) is 13.0. The van der Waals surface area contributed by atoms with E-state index in [1.165, 1.54) is 11.1 Å². The van der Waals surface area contributed by atoms with Crippen LogP contribution < -0.4 is 5.30 Å². The molecule has 0 fully saturated rings. The Morgan fingerprint density at radius 3 is 1.73 bits per heavy atom. The van der Waals surface area contributed by atoms with Crippen LogP contribution in [0, 0.1) is 0 Å². The van der Waals surface area contributed by atoms with Crippen molar-refractivity contribution in [3.8, 4) is 0 Å². The van der Waals surface area contributed by atoms with Gasteiger partial charge in [-0.1, -0.05) is 82.3 Å². The van der Waals surface area contributed by atoms with Gasteiger partial charge in [0.15, 0.2) is 5.78 Å². The van der Waals surface area contributed by atoms with Crippen LogP contribution in [0.2, 0.25) is 0 Å². The lowest BCUT2D eigenvalue weighted by Gasteiger charge is -2.21. The minimum absolute atomic E-state index is 0.174. The van der Waals surface area contributed by atoms with Crippen LogP contribution in [0.5, 0.6) is 0 Å². The van der Waals surface area contributed by atoms with Gasteiger partial charge in [0.05, 0.1) is 0 Å². The van der Waals surface area contributed by atoms with E-state index >= 15 is 0 Å². The minimum Gasteiger partial charge on any atom is -0.380 e. The molecule has 2 N–H and O–H groups in total. The van der Waals surface area contributed by atoms with Gasteiger partial charge in [0, 0.05) is 10.9 Å². The van der Waals surface area contributed by atoms with Crippen molar-refractivity contribution in [2.75, 3.05) is 0 Å². The van der Waals surface area contributed by atoms with E-state index in [4.69, 9.17) is 4.89 Å². The van der Waals surface area contributed by atoms with Gasteiger partial charge in [-0.05, 0) is 65.6 Å². The molecule has 0 heterocycles. The van der Waals surface area contributed by atoms with Gasteiger partial charge in [0.2, 0.25) is 8.03 Å². The van der Waals surface area contributed by atoms with Crippen molar-refractivity contribution in [1.29, 1.82) is 0 Å². The van der Waals surface area contributed by atoms with Crippen LogP contribution in [0.3, 0.4) is 0 Å². The molecule has 4 nitrogen and oxygen atoms in total. The van der Waals surface area contributed by atoms with E-state index in [1.807, 2.05) is 24.3 Å². The first-order chi connectivity index (χ1) is 15.9. The molecule has 3 aromatic carbocycles. The van der Waals surface area contributed by atoms with Gasteiger partial charge < -0.3 is 10.00 Å². The summed E-state index contributed by atoms with van der Waals surface area (Å²) in [4.78, 5) is 21.7. The number of Topliss-reactive ketones (excluding diaryl/α,β-unsaturated/α-hetero) is 1. The number of hydrogen-bond acceptors (Lipinski definition) is 3. The van der Waals surface area contributed by atoms with Crippen molar-refractivity contribution in [1.82, 2.24) is 0 Å². The maximum atomic E-state index is 13.1. The SMILES string of the molecule is CCc1cc(CC)c(C(=O)C(O)c2ccccc2)c(CC)c1CC.O=[PH](O)c1ccccc1. The summed E-state index contributed by atoms with van der Waals surface area (Å²) >= 11 is 0. The summed E-state index contributed by atoms with van der Waals surface area (Å²) in [5, 5.41) is 11.1. The van der Waals surface area contributed by atoms with Crippen molar-refractivity contribution in [3.63, 3.8) is 0 Å². The standard InChI is InChI=1S/C22H28O2.C6H7O2P/c1-5-15-14-16(6-2)20(19(8-4)18(15)7-3)22(24)21(23)17-12-10-9-11-13-17;7-9(8)6-4-2-1-3-5-6/h9-14,21,23H,5-8H2,1-4H3;1-5,9H,(H,7,8). The number of aryl methyl sites for hydroxylation is 2. The minimum atomic E-state index is -2.46. The molecule has 5 heteroatoms. The topological polar surface area (TPSA) is 74.6 Å². The van der Waals surface area contributed by atoms with E-state index in [2.05, 4.69) is 33.8 Å². The molecule has 0 saturated carbocycles. The van der Waals surface area contributed by atoms with E-state index in [9.17, 15) is 14.5 Å². The van der Waals surface area contributed by atoms with Crippen LogP contribution in [-0.4, -0.2) is 15.8 Å². The van der Waals surface area contributed by atoms with Gasteiger partial charge in [-0.25, -0.2) is 0 Å². The molecule has 0 spiro atoms. The highest BCUT2D eigenvalue weighted by Gasteiger charge is 2.26. The van der Waals surface area contributed by atoms with Crippen molar-refractivity contribution in [2.24, 2.45) is 0 Å². The van der Waals surface area contributed by atoms with Gasteiger partial charge in [-0.15, -0.1) is 0 Å². The normalized spacial score (nSPS) is 12.4. The molecule has 0 saturated heterocycles. The van der Waals surface area contributed by atoms with Crippen LogP contribution >= 0.6 is 8.03 Å². The lowest BCUT2D eigenvalue weighted by molar-refractivity contribution is 0.0745. The number of aliphatic hydroxyl groups excluding tert-OH is 1. The Morgan fingerprint density at radius 1 is 0.788 bits per heavy atom. The van der Waals surface area contributed by atoms with Crippen molar-refractivity contribution < 1.29 is 19.4 Å². The van der Waals surface area contributed by atoms with Crippen molar-refractivity contribution >= 4 is 19.1 Å². The van der Waals surface area contributed by atoms with Crippen molar-refractivity contribution in [2.45, 2.75) is 59.5 Å². The lowest BCUT2D eigenvalue weighted by atomic mass is 9.83. The first kappa shape index (κ1) is 26.7. The van der Waals surface area contributed by atoms with E-state index in [-0.39, 0.29) is 5.78 Å². The number of rotatable bonds is 8. The maximum absolute atomic E-state index is 13.1. The van der Waals surface area contributed by atoms with Gasteiger partial charge >= 0.3 is 0 Å². The highest BCUT2D eigenvalue weighted by molar-refractivity contribution is 7.47. The molecule has 0 aliphatic rings. The largest absolute Gasteiger partial charge is 0.380 e. The second kappa shape index (κ2) is 13.3. The Labute approximate surface area is 198 Å². The third kappa shape index (κ3) is 6.74. The Kier molecular flexibility index (Phi) is 10.7. The van der Waals surface area contributed by atoms with Gasteiger partial charge in [-0.3, -0.25) is 9.36 Å². The highest BCUT2D eigenvalue weighted by atomic mass is 31.1. The summed E-state index contributed by atoms with van der Waals surface area (Å²) in [5.74, 6) is -0.174. The Hall–Kier alpha value is -2.52. The molecule has 176 valence electrons. The van der Waals surface area contributed by atoms with E-state index in [0.717, 1.165) is 42.4 Å². The third-order valence-electron chi connectivity index (χ3n) is 5.82. The molecule has 0 aliphatic carbocycles. The predicted molar refractivity (Wildman–Crippen MR) is 137 cm³/mol. The molecule has 2 atom stereocenters. The van der Waals surface area contributed by atoms with Crippen molar-refractivity contribution in [3.05, 3.63) is 100 Å². The number of ketones is 1. The summed E-state index contributed by atoms with van der Waals surface area (Å²) in [6.07, 6.45) is 2.40. The fourth-order valence-corrected chi connectivity index (χ4v) is 4.62. The van der Waals surface area contributed by atoms with E-state index in [1.54, 1.807) is 36.4 Å². The monoisotopic (exact) mass is 466 g/mol. The molecule has 2 unspecified atom stereocenters. The fraction of sp³-hybridized carbons (Fsp3) is 0.321. The van der Waals surface area contributed by atoms with Crippen LogP contribution in [0.15, 0.2) is 66.7 Å². The number of carbonyl (C=O) groups is 1. The van der Waals surface area contributed by atoms with Gasteiger partial charge in [0.1, 0.15) is 6.10 Å². The quantitative estimate of drug-likeness (QED) is 0.333. The number of aliphatic hydroxyl groups is 1. The molecule has 33 heavy (non-hydrogen) atoms.